The fourth-order valence-electron chi connectivity index (χ4n) is 2.40. The Labute approximate surface area is 157 Å². The lowest BCUT2D eigenvalue weighted by Gasteiger charge is -2.13. The molecule has 0 atom stereocenters. The van der Waals surface area contributed by atoms with Crippen LogP contribution >= 0.6 is 0 Å². The molecule has 0 aliphatic carbocycles. The molecule has 0 fully saturated rings. The molecule has 0 saturated carbocycles. The lowest BCUT2D eigenvalue weighted by molar-refractivity contribution is -0.116. The lowest BCUT2D eigenvalue weighted by atomic mass is 10.1. The molecule has 0 aliphatic heterocycles. The van der Waals surface area contributed by atoms with Crippen LogP contribution in [-0.2, 0) is 27.8 Å². The normalized spacial score (nSPS) is 11.3. The number of rotatable bonds is 9. The second kappa shape index (κ2) is 8.90. The summed E-state index contributed by atoms with van der Waals surface area (Å²) in [4.78, 5) is 15.2. The van der Waals surface area contributed by atoms with E-state index in [-0.39, 0.29) is 35.8 Å². The number of halogens is 2. The third-order valence-corrected chi connectivity index (χ3v) is 5.13. The van der Waals surface area contributed by atoms with Crippen LogP contribution in [-0.4, -0.2) is 24.9 Å². The summed E-state index contributed by atoms with van der Waals surface area (Å²) in [5, 5.41) is 2.83. The highest BCUT2D eigenvalue weighted by atomic mass is 32.2. The van der Waals surface area contributed by atoms with Crippen molar-refractivity contribution in [1.82, 2.24) is 4.98 Å². The van der Waals surface area contributed by atoms with Crippen LogP contribution in [0.2, 0.25) is 0 Å². The second-order valence-electron chi connectivity index (χ2n) is 6.08. The molecular formula is C18H21F2N3O3S. The maximum absolute atomic E-state index is 14.6. The van der Waals surface area contributed by atoms with E-state index in [0.29, 0.717) is 17.8 Å². The third-order valence-electron chi connectivity index (χ3n) is 3.65. The molecule has 2 N–H and O–H groups in total. The molecule has 1 heterocycles. The molecular weight excluding hydrogens is 376 g/mol. The van der Waals surface area contributed by atoms with E-state index in [1.807, 2.05) is 0 Å². The van der Waals surface area contributed by atoms with Gasteiger partial charge in [-0.05, 0) is 37.6 Å². The van der Waals surface area contributed by atoms with Gasteiger partial charge in [-0.2, -0.15) is 0 Å². The molecule has 2 aromatic rings. The predicted octanol–water partition coefficient (Wildman–Crippen LogP) is 3.26. The maximum Gasteiger partial charge on any atom is 0.232 e. The van der Waals surface area contributed by atoms with E-state index in [1.54, 1.807) is 19.1 Å². The molecule has 0 radical (unpaired) electrons. The number of carbonyl (C=O) groups excluding carboxylic acids is 1. The molecule has 1 aromatic carbocycles. The summed E-state index contributed by atoms with van der Waals surface area (Å²) < 4.78 is 54.3. The molecule has 1 aromatic heterocycles. The van der Waals surface area contributed by atoms with E-state index in [2.05, 4.69) is 15.0 Å². The van der Waals surface area contributed by atoms with Gasteiger partial charge in [-0.25, -0.2) is 17.2 Å². The zero-order valence-electron chi connectivity index (χ0n) is 15.1. The van der Waals surface area contributed by atoms with Gasteiger partial charge in [0.25, 0.3) is 0 Å². The van der Waals surface area contributed by atoms with Crippen molar-refractivity contribution < 1.29 is 22.0 Å². The van der Waals surface area contributed by atoms with Crippen molar-refractivity contribution in [3.05, 3.63) is 53.4 Å². The quantitative estimate of drug-likeness (QED) is 0.678. The highest BCUT2D eigenvalue weighted by molar-refractivity contribution is 7.92. The maximum atomic E-state index is 14.6. The molecule has 146 valence electrons. The van der Waals surface area contributed by atoms with Gasteiger partial charge in [0.05, 0.1) is 23.3 Å². The van der Waals surface area contributed by atoms with E-state index in [4.69, 9.17) is 0 Å². The molecule has 0 aliphatic rings. The van der Waals surface area contributed by atoms with Crippen molar-refractivity contribution in [2.24, 2.45) is 0 Å². The number of benzene rings is 1. The van der Waals surface area contributed by atoms with Gasteiger partial charge in [0.15, 0.2) is 5.82 Å². The van der Waals surface area contributed by atoms with Crippen molar-refractivity contribution in [2.45, 2.75) is 33.2 Å². The van der Waals surface area contributed by atoms with Crippen molar-refractivity contribution in [2.75, 3.05) is 15.8 Å². The predicted molar refractivity (Wildman–Crippen MR) is 100 cm³/mol. The summed E-state index contributed by atoms with van der Waals surface area (Å²) in [6, 6.07) is 5.36. The average Bonchev–Trinajstić information content (AvgIpc) is 2.58. The average molecular weight is 397 g/mol. The summed E-state index contributed by atoms with van der Waals surface area (Å²) in [6.45, 7) is 2.95. The van der Waals surface area contributed by atoms with Crippen LogP contribution in [0.3, 0.4) is 0 Å². The number of nitrogens with zero attached hydrogens (tertiary/aromatic N) is 1. The molecule has 0 saturated heterocycles. The Kier molecular flexibility index (Phi) is 6.84. The number of aromatic nitrogens is 1. The summed E-state index contributed by atoms with van der Waals surface area (Å²) in [5.74, 6) is -1.94. The minimum Gasteiger partial charge on any atom is -0.379 e. The van der Waals surface area contributed by atoms with Crippen molar-refractivity contribution in [1.29, 1.82) is 0 Å². The SMILES string of the molecule is CCCS(=O)(=O)Nc1ccc(F)c(CNc2ccc(CC(C)=O)nc2)c1F. The smallest absolute Gasteiger partial charge is 0.232 e. The summed E-state index contributed by atoms with van der Waals surface area (Å²) >= 11 is 0. The number of pyridine rings is 1. The number of hydrogen-bond acceptors (Lipinski definition) is 5. The first-order chi connectivity index (χ1) is 12.7. The Morgan fingerprint density at radius 1 is 1.19 bits per heavy atom. The molecule has 0 amide bonds. The van der Waals surface area contributed by atoms with Crippen LogP contribution in [0.1, 0.15) is 31.5 Å². The van der Waals surface area contributed by atoms with E-state index in [9.17, 15) is 22.0 Å². The monoisotopic (exact) mass is 397 g/mol. The first-order valence-electron chi connectivity index (χ1n) is 8.37. The Bertz CT molecular complexity index is 916. The number of Topliss-reactive ketones (excluding diaryl/α,β-unsaturated/α-hetero) is 1. The minimum absolute atomic E-state index is 0.0188. The summed E-state index contributed by atoms with van der Waals surface area (Å²) in [7, 11) is -3.69. The van der Waals surface area contributed by atoms with Crippen molar-refractivity contribution >= 4 is 27.2 Å². The van der Waals surface area contributed by atoms with Crippen molar-refractivity contribution in [3.8, 4) is 0 Å². The first-order valence-corrected chi connectivity index (χ1v) is 10.0. The highest BCUT2D eigenvalue weighted by Gasteiger charge is 2.17. The van der Waals surface area contributed by atoms with Crippen LogP contribution in [0, 0.1) is 11.6 Å². The molecule has 9 heteroatoms. The van der Waals surface area contributed by atoms with Crippen LogP contribution in [0.25, 0.3) is 0 Å². The van der Waals surface area contributed by atoms with Gasteiger partial charge in [0, 0.05) is 24.2 Å². The first kappa shape index (κ1) is 20.8. The van der Waals surface area contributed by atoms with Gasteiger partial charge in [-0.15, -0.1) is 0 Å². The molecule has 27 heavy (non-hydrogen) atoms. The van der Waals surface area contributed by atoms with Crippen LogP contribution in [0.15, 0.2) is 30.5 Å². The van der Waals surface area contributed by atoms with Crippen LogP contribution in [0.5, 0.6) is 0 Å². The largest absolute Gasteiger partial charge is 0.379 e. The number of nitrogens with one attached hydrogen (secondary N) is 2. The van der Waals surface area contributed by atoms with Gasteiger partial charge >= 0.3 is 0 Å². The molecule has 2 rings (SSSR count). The van der Waals surface area contributed by atoms with Gasteiger partial charge in [0.2, 0.25) is 10.0 Å². The number of hydrogen-bond donors (Lipinski definition) is 2. The topological polar surface area (TPSA) is 88.2 Å². The summed E-state index contributed by atoms with van der Waals surface area (Å²) in [6.07, 6.45) is 2.05. The van der Waals surface area contributed by atoms with Crippen LogP contribution < -0.4 is 10.0 Å². The van der Waals surface area contributed by atoms with Gasteiger partial charge < -0.3 is 5.32 Å². The van der Waals surface area contributed by atoms with Gasteiger partial charge in [-0.3, -0.25) is 14.5 Å². The third kappa shape index (κ3) is 5.99. The lowest BCUT2D eigenvalue weighted by Crippen LogP contribution is -2.18. The van der Waals surface area contributed by atoms with E-state index >= 15 is 0 Å². The Morgan fingerprint density at radius 2 is 1.93 bits per heavy atom. The van der Waals surface area contributed by atoms with E-state index in [1.165, 1.54) is 13.1 Å². The zero-order chi connectivity index (χ0) is 20.0. The fraction of sp³-hybridized carbons (Fsp3) is 0.333. The van der Waals surface area contributed by atoms with E-state index in [0.717, 1.165) is 12.1 Å². The van der Waals surface area contributed by atoms with Crippen molar-refractivity contribution in [3.63, 3.8) is 0 Å². The minimum atomic E-state index is -3.69. The summed E-state index contributed by atoms with van der Waals surface area (Å²) in [5.41, 5.74) is 0.520. The Morgan fingerprint density at radius 3 is 2.52 bits per heavy atom. The number of anilines is 2. The van der Waals surface area contributed by atoms with E-state index < -0.39 is 21.7 Å². The van der Waals surface area contributed by atoms with Gasteiger partial charge in [-0.1, -0.05) is 6.92 Å². The van der Waals surface area contributed by atoms with Gasteiger partial charge in [0.1, 0.15) is 11.6 Å². The molecule has 6 nitrogen and oxygen atoms in total. The Balaban J connectivity index is 2.14. The Hall–Kier alpha value is -2.55. The standard InChI is InChI=1S/C18H21F2N3O3S/c1-3-8-27(25,26)23-17-7-6-16(19)15(18(17)20)11-22-14-5-4-13(21-10-14)9-12(2)24/h4-7,10,22-23H,3,8-9,11H2,1-2H3. The molecule has 0 spiro atoms. The number of ketones is 1. The molecule has 0 unspecified atom stereocenters. The highest BCUT2D eigenvalue weighted by Crippen LogP contribution is 2.23. The fourth-order valence-corrected chi connectivity index (χ4v) is 3.54. The van der Waals surface area contributed by atoms with Crippen LogP contribution in [0.4, 0.5) is 20.2 Å². The second-order valence-corrected chi connectivity index (χ2v) is 7.92. The number of carbonyl (C=O) groups is 1. The molecule has 0 bridgehead atoms. The number of sulfonamides is 1. The zero-order valence-corrected chi connectivity index (χ0v) is 15.9.